The van der Waals surface area contributed by atoms with E-state index >= 15 is 0 Å². The maximum Gasteiger partial charge on any atom is 0.352 e. The molecule has 2 nitrogen and oxygen atoms in total. The van der Waals surface area contributed by atoms with Gasteiger partial charge in [0.05, 0.1) is 6.61 Å². The Morgan fingerprint density at radius 1 is 1.46 bits per heavy atom. The maximum absolute atomic E-state index is 12.1. The molecule has 1 fully saturated rings. The molecule has 0 N–H and O–H groups in total. The summed E-state index contributed by atoms with van der Waals surface area (Å²) in [6, 6.07) is 0.195. The molecule has 0 amide bonds. The van der Waals surface area contributed by atoms with Gasteiger partial charge in [0, 0.05) is 13.0 Å². The Bertz CT molecular complexity index is 136. The van der Waals surface area contributed by atoms with Gasteiger partial charge in [0.2, 0.25) is 0 Å². The van der Waals surface area contributed by atoms with Crippen LogP contribution in [0.2, 0.25) is 0 Å². The van der Waals surface area contributed by atoms with Crippen LogP contribution in [0.3, 0.4) is 0 Å². The van der Waals surface area contributed by atoms with Gasteiger partial charge in [-0.3, -0.25) is 0 Å². The molecule has 1 heterocycles. The van der Waals surface area contributed by atoms with Gasteiger partial charge in [-0.1, -0.05) is 13.8 Å². The van der Waals surface area contributed by atoms with Crippen molar-refractivity contribution in [3.8, 4) is 0 Å². The molecule has 0 aromatic heterocycles. The minimum atomic E-state index is -2.98. The van der Waals surface area contributed by atoms with Crippen LogP contribution >= 0.6 is 0 Å². The van der Waals surface area contributed by atoms with Gasteiger partial charge in [0.25, 0.3) is 0 Å². The van der Waals surface area contributed by atoms with Crippen molar-refractivity contribution in [2.45, 2.75) is 39.3 Å². The fourth-order valence-electron chi connectivity index (χ4n) is 1.02. The highest BCUT2D eigenvalue weighted by Crippen LogP contribution is 2.19. The predicted octanol–water partition coefficient (Wildman–Crippen LogP) is 2.35. The summed E-state index contributed by atoms with van der Waals surface area (Å²) in [6.45, 7) is 5.90. The van der Waals surface area contributed by atoms with Gasteiger partial charge in [-0.05, 0) is 20.0 Å². The van der Waals surface area contributed by atoms with Crippen LogP contribution in [-0.4, -0.2) is 37.2 Å². The number of hydrogen-bond donors (Lipinski definition) is 0. The summed E-state index contributed by atoms with van der Waals surface area (Å²) < 4.78 is 28.6. The monoisotopic (exact) mass is 195 g/mol. The number of alkyl halides is 2. The van der Waals surface area contributed by atoms with Crippen molar-refractivity contribution in [1.29, 1.82) is 0 Å². The van der Waals surface area contributed by atoms with E-state index in [-0.39, 0.29) is 12.6 Å². The Hall–Kier alpha value is -0.220. The van der Waals surface area contributed by atoms with E-state index in [9.17, 15) is 8.78 Å². The van der Waals surface area contributed by atoms with Gasteiger partial charge >= 0.3 is 6.11 Å². The number of halogens is 2. The van der Waals surface area contributed by atoms with Crippen LogP contribution in [0, 0.1) is 0 Å². The van der Waals surface area contributed by atoms with E-state index in [0.717, 1.165) is 19.9 Å². The number of nitrogens with zero attached hydrogens (tertiary/aromatic N) is 1. The van der Waals surface area contributed by atoms with Crippen molar-refractivity contribution in [2.24, 2.45) is 0 Å². The molecule has 0 bridgehead atoms. The molecule has 80 valence electrons. The third kappa shape index (κ3) is 5.16. The molecule has 1 atom stereocenters. The second-order valence-electron chi connectivity index (χ2n) is 3.04. The van der Waals surface area contributed by atoms with E-state index in [1.54, 1.807) is 0 Å². The predicted molar refractivity (Wildman–Crippen MR) is 49.0 cm³/mol. The second-order valence-corrected chi connectivity index (χ2v) is 3.04. The van der Waals surface area contributed by atoms with Crippen molar-refractivity contribution in [3.63, 3.8) is 0 Å². The zero-order chi connectivity index (χ0) is 10.5. The molecule has 1 rings (SSSR count). The number of ether oxygens (including phenoxy) is 1. The summed E-state index contributed by atoms with van der Waals surface area (Å²) >= 11 is 0. The highest BCUT2D eigenvalue weighted by molar-refractivity contribution is 4.79. The van der Waals surface area contributed by atoms with Gasteiger partial charge in [-0.2, -0.15) is 8.78 Å². The van der Waals surface area contributed by atoms with E-state index in [4.69, 9.17) is 0 Å². The van der Waals surface area contributed by atoms with Crippen LogP contribution in [0.5, 0.6) is 0 Å². The zero-order valence-electron chi connectivity index (χ0n) is 8.81. The average Bonchev–Trinajstić information content (AvgIpc) is 2.04. The van der Waals surface area contributed by atoms with Gasteiger partial charge < -0.3 is 9.64 Å². The lowest BCUT2D eigenvalue weighted by Crippen LogP contribution is -2.48. The van der Waals surface area contributed by atoms with E-state index in [0.29, 0.717) is 0 Å². The minimum Gasteiger partial charge on any atom is -0.319 e. The van der Waals surface area contributed by atoms with Crippen LogP contribution in [0.1, 0.15) is 27.2 Å². The molecule has 0 aromatic carbocycles. The smallest absolute Gasteiger partial charge is 0.319 e. The van der Waals surface area contributed by atoms with E-state index < -0.39 is 6.11 Å². The first-order chi connectivity index (χ1) is 5.99. The van der Waals surface area contributed by atoms with E-state index in [1.807, 2.05) is 25.8 Å². The first-order valence-electron chi connectivity index (χ1n) is 4.71. The van der Waals surface area contributed by atoms with Crippen LogP contribution in [-0.2, 0) is 4.74 Å². The maximum atomic E-state index is 12.1. The number of hydrogen-bond acceptors (Lipinski definition) is 2. The van der Waals surface area contributed by atoms with Crippen molar-refractivity contribution in [2.75, 3.05) is 20.2 Å². The number of likely N-dealkylation sites (N-methyl/N-ethyl adjacent to an activating group) is 1. The van der Waals surface area contributed by atoms with Crippen molar-refractivity contribution < 1.29 is 13.5 Å². The van der Waals surface area contributed by atoms with E-state index in [1.165, 1.54) is 0 Å². The summed E-state index contributed by atoms with van der Waals surface area (Å²) in [5.74, 6) is 0. The summed E-state index contributed by atoms with van der Waals surface area (Å²) in [6.07, 6.45) is -2.01. The molecule has 0 aliphatic carbocycles. The first kappa shape index (κ1) is 12.8. The molecule has 0 radical (unpaired) electrons. The second kappa shape index (κ2) is 5.50. The van der Waals surface area contributed by atoms with Crippen LogP contribution < -0.4 is 0 Å². The van der Waals surface area contributed by atoms with E-state index in [2.05, 4.69) is 4.74 Å². The third-order valence-corrected chi connectivity index (χ3v) is 1.97. The summed E-state index contributed by atoms with van der Waals surface area (Å²) in [5, 5.41) is 0. The molecule has 0 aromatic rings. The van der Waals surface area contributed by atoms with Crippen molar-refractivity contribution in [1.82, 2.24) is 4.90 Å². The van der Waals surface area contributed by atoms with Gasteiger partial charge in [-0.25, -0.2) is 0 Å². The molecule has 0 spiro atoms. The van der Waals surface area contributed by atoms with Gasteiger partial charge in [-0.15, -0.1) is 0 Å². The number of likely N-dealkylation sites (tertiary alicyclic amines) is 1. The topological polar surface area (TPSA) is 12.5 Å². The lowest BCUT2D eigenvalue weighted by atomic mass is 10.1. The fraction of sp³-hybridized carbons (Fsp3) is 1.00. The molecule has 13 heavy (non-hydrogen) atoms. The standard InChI is InChI=1S/C7H13F2NO.C2H6/c1-7(8,9)11-5-6-3-4-10(6)2;1-2/h6H,3-5H2,1-2H3;1-2H3. The lowest BCUT2D eigenvalue weighted by molar-refractivity contribution is -0.234. The molecule has 1 aliphatic heterocycles. The largest absolute Gasteiger partial charge is 0.352 e. The van der Waals surface area contributed by atoms with Crippen molar-refractivity contribution in [3.05, 3.63) is 0 Å². The zero-order valence-corrected chi connectivity index (χ0v) is 8.81. The number of rotatable bonds is 3. The Labute approximate surface area is 78.9 Å². The highest BCUT2D eigenvalue weighted by atomic mass is 19.3. The summed E-state index contributed by atoms with van der Waals surface area (Å²) in [7, 11) is 1.91. The molecule has 1 aliphatic rings. The lowest BCUT2D eigenvalue weighted by Gasteiger charge is -2.37. The Morgan fingerprint density at radius 3 is 2.23 bits per heavy atom. The average molecular weight is 195 g/mol. The first-order valence-corrected chi connectivity index (χ1v) is 4.71. The Morgan fingerprint density at radius 2 is 2.00 bits per heavy atom. The van der Waals surface area contributed by atoms with Crippen LogP contribution in [0.15, 0.2) is 0 Å². The normalized spacial score (nSPS) is 23.1. The SMILES string of the molecule is CC.CN1CCC1COC(C)(F)F. The van der Waals surface area contributed by atoms with Crippen LogP contribution in [0.25, 0.3) is 0 Å². The Kier molecular flexibility index (Phi) is 5.40. The van der Waals surface area contributed by atoms with Crippen LogP contribution in [0.4, 0.5) is 8.78 Å². The highest BCUT2D eigenvalue weighted by Gasteiger charge is 2.29. The van der Waals surface area contributed by atoms with Gasteiger partial charge in [0.1, 0.15) is 0 Å². The summed E-state index contributed by atoms with van der Waals surface area (Å²) in [4.78, 5) is 2.01. The summed E-state index contributed by atoms with van der Waals surface area (Å²) in [5.41, 5.74) is 0. The fourth-order valence-corrected chi connectivity index (χ4v) is 1.02. The molecular weight excluding hydrogens is 176 g/mol. The molecule has 1 saturated heterocycles. The quantitative estimate of drug-likeness (QED) is 0.685. The molecule has 0 saturated carbocycles. The molecular formula is C9H19F2NO. The minimum absolute atomic E-state index is 0.139. The third-order valence-electron chi connectivity index (χ3n) is 1.97. The van der Waals surface area contributed by atoms with Gasteiger partial charge in [0.15, 0.2) is 0 Å². The Balaban J connectivity index is 0.000000671. The molecule has 1 unspecified atom stereocenters. The molecule has 4 heteroatoms. The van der Waals surface area contributed by atoms with Crippen molar-refractivity contribution >= 4 is 0 Å².